The average molecular weight is 272 g/mol. The summed E-state index contributed by atoms with van der Waals surface area (Å²) in [5, 5.41) is 5.14. The summed E-state index contributed by atoms with van der Waals surface area (Å²) in [5.74, 6) is 1.28. The molecule has 1 aromatic carbocycles. The van der Waals surface area contributed by atoms with E-state index in [1.165, 1.54) is 18.4 Å². The van der Waals surface area contributed by atoms with Crippen molar-refractivity contribution in [2.45, 2.75) is 38.6 Å². The summed E-state index contributed by atoms with van der Waals surface area (Å²) in [6.07, 6.45) is 2.51. The molecule has 3 heteroatoms. The molecular weight excluding hydrogens is 253 g/mol. The van der Waals surface area contributed by atoms with Gasteiger partial charge in [-0.15, -0.1) is 0 Å². The van der Waals surface area contributed by atoms with Crippen LogP contribution in [0.4, 0.5) is 0 Å². The largest absolute Gasteiger partial charge is 0.314 e. The molecule has 0 heterocycles. The molecule has 1 aromatic rings. The number of halogens is 2. The molecule has 1 saturated carbocycles. The van der Waals surface area contributed by atoms with Crippen LogP contribution in [-0.4, -0.2) is 12.6 Å². The van der Waals surface area contributed by atoms with Gasteiger partial charge in [-0.1, -0.05) is 37.0 Å². The minimum atomic E-state index is 0.547. The van der Waals surface area contributed by atoms with E-state index in [9.17, 15) is 0 Å². The van der Waals surface area contributed by atoms with Gasteiger partial charge in [0.2, 0.25) is 0 Å². The molecule has 94 valence electrons. The van der Waals surface area contributed by atoms with Gasteiger partial charge in [-0.25, -0.2) is 0 Å². The second-order valence-electron chi connectivity index (χ2n) is 5.17. The van der Waals surface area contributed by atoms with Gasteiger partial charge in [0.05, 0.1) is 0 Å². The van der Waals surface area contributed by atoms with Crippen molar-refractivity contribution >= 4 is 23.2 Å². The molecule has 0 aliphatic heterocycles. The molecule has 2 rings (SSSR count). The Morgan fingerprint density at radius 2 is 2.06 bits per heavy atom. The average Bonchev–Trinajstić information content (AvgIpc) is 2.21. The highest BCUT2D eigenvalue weighted by atomic mass is 35.5. The van der Waals surface area contributed by atoms with Crippen LogP contribution in [0.2, 0.25) is 10.0 Å². The van der Waals surface area contributed by atoms with Crippen LogP contribution in [0.25, 0.3) is 0 Å². The predicted molar refractivity (Wildman–Crippen MR) is 75.1 cm³/mol. The number of hydrogen-bond donors (Lipinski definition) is 1. The minimum Gasteiger partial charge on any atom is -0.314 e. The summed E-state index contributed by atoms with van der Waals surface area (Å²) in [7, 11) is 0. The molecule has 17 heavy (non-hydrogen) atoms. The zero-order chi connectivity index (χ0) is 12.4. The standard InChI is InChI=1S/C14H19Cl2N/c1-9(2)17-8-10-3-5-12(10)13-7-11(15)4-6-14(13)16/h4,6-7,9-10,12,17H,3,5,8H2,1-2H3. The van der Waals surface area contributed by atoms with Gasteiger partial charge in [-0.2, -0.15) is 0 Å². The molecule has 0 amide bonds. The van der Waals surface area contributed by atoms with Crippen LogP contribution in [0.15, 0.2) is 18.2 Å². The first-order valence-corrected chi connectivity index (χ1v) is 7.02. The Labute approximate surface area is 114 Å². The first kappa shape index (κ1) is 13.2. The second-order valence-corrected chi connectivity index (χ2v) is 6.02. The first-order chi connectivity index (χ1) is 8.08. The maximum atomic E-state index is 6.25. The van der Waals surface area contributed by atoms with Crippen LogP contribution >= 0.6 is 23.2 Å². The smallest absolute Gasteiger partial charge is 0.0441 e. The molecule has 2 unspecified atom stereocenters. The van der Waals surface area contributed by atoms with Crippen molar-refractivity contribution in [1.82, 2.24) is 5.32 Å². The van der Waals surface area contributed by atoms with E-state index in [1.807, 2.05) is 18.2 Å². The molecule has 0 spiro atoms. The SMILES string of the molecule is CC(C)NCC1CCC1c1cc(Cl)ccc1Cl. The Morgan fingerprint density at radius 3 is 2.65 bits per heavy atom. The van der Waals surface area contributed by atoms with E-state index in [1.54, 1.807) is 0 Å². The number of benzene rings is 1. The fraction of sp³-hybridized carbons (Fsp3) is 0.571. The first-order valence-electron chi connectivity index (χ1n) is 6.26. The molecule has 0 aromatic heterocycles. The third kappa shape index (κ3) is 3.15. The Balaban J connectivity index is 2.04. The number of nitrogens with one attached hydrogen (secondary N) is 1. The van der Waals surface area contributed by atoms with E-state index in [4.69, 9.17) is 23.2 Å². The van der Waals surface area contributed by atoms with Crippen LogP contribution < -0.4 is 5.32 Å². The van der Waals surface area contributed by atoms with Gasteiger partial charge in [-0.3, -0.25) is 0 Å². The Kier molecular flexibility index (Phi) is 4.35. The second kappa shape index (κ2) is 5.60. The lowest BCUT2D eigenvalue weighted by Crippen LogP contribution is -2.36. The topological polar surface area (TPSA) is 12.0 Å². The Morgan fingerprint density at radius 1 is 1.29 bits per heavy atom. The van der Waals surface area contributed by atoms with Crippen LogP contribution in [0.1, 0.15) is 38.2 Å². The minimum absolute atomic E-state index is 0.547. The highest BCUT2D eigenvalue weighted by molar-refractivity contribution is 6.33. The van der Waals surface area contributed by atoms with Crippen molar-refractivity contribution in [3.8, 4) is 0 Å². The van der Waals surface area contributed by atoms with E-state index in [2.05, 4.69) is 19.2 Å². The zero-order valence-electron chi connectivity index (χ0n) is 10.3. The van der Waals surface area contributed by atoms with Crippen molar-refractivity contribution in [2.75, 3.05) is 6.54 Å². The molecule has 1 N–H and O–H groups in total. The molecule has 2 atom stereocenters. The lowest BCUT2D eigenvalue weighted by atomic mass is 9.70. The van der Waals surface area contributed by atoms with Crippen molar-refractivity contribution < 1.29 is 0 Å². The third-order valence-electron chi connectivity index (χ3n) is 3.56. The molecule has 1 aliphatic rings. The van der Waals surface area contributed by atoms with E-state index in [0.29, 0.717) is 17.9 Å². The lowest BCUT2D eigenvalue weighted by Gasteiger charge is -2.38. The molecule has 1 nitrogen and oxygen atoms in total. The molecule has 1 fully saturated rings. The maximum absolute atomic E-state index is 6.25. The van der Waals surface area contributed by atoms with Crippen LogP contribution in [-0.2, 0) is 0 Å². The lowest BCUT2D eigenvalue weighted by molar-refractivity contribution is 0.241. The van der Waals surface area contributed by atoms with E-state index in [0.717, 1.165) is 16.6 Å². The molecule has 1 aliphatic carbocycles. The van der Waals surface area contributed by atoms with Gasteiger partial charge in [0.15, 0.2) is 0 Å². The van der Waals surface area contributed by atoms with Crippen molar-refractivity contribution in [3.63, 3.8) is 0 Å². The summed E-state index contributed by atoms with van der Waals surface area (Å²) >= 11 is 12.3. The fourth-order valence-corrected chi connectivity index (χ4v) is 2.85. The maximum Gasteiger partial charge on any atom is 0.0441 e. The Bertz CT molecular complexity index is 390. The van der Waals surface area contributed by atoms with Gasteiger partial charge in [0.1, 0.15) is 0 Å². The summed E-state index contributed by atoms with van der Waals surface area (Å²) in [4.78, 5) is 0. The molecular formula is C14H19Cl2N. The van der Waals surface area contributed by atoms with Crippen LogP contribution in [0, 0.1) is 5.92 Å². The van der Waals surface area contributed by atoms with E-state index in [-0.39, 0.29) is 0 Å². The van der Waals surface area contributed by atoms with E-state index >= 15 is 0 Å². The Hall–Kier alpha value is -0.240. The molecule has 0 bridgehead atoms. The highest BCUT2D eigenvalue weighted by Gasteiger charge is 2.33. The van der Waals surface area contributed by atoms with Gasteiger partial charge >= 0.3 is 0 Å². The van der Waals surface area contributed by atoms with E-state index < -0.39 is 0 Å². The van der Waals surface area contributed by atoms with Gasteiger partial charge in [0.25, 0.3) is 0 Å². The van der Waals surface area contributed by atoms with Gasteiger partial charge < -0.3 is 5.32 Å². The van der Waals surface area contributed by atoms with Crippen molar-refractivity contribution in [2.24, 2.45) is 5.92 Å². The van der Waals surface area contributed by atoms with Crippen LogP contribution in [0.5, 0.6) is 0 Å². The van der Waals surface area contributed by atoms with Crippen molar-refractivity contribution in [1.29, 1.82) is 0 Å². The van der Waals surface area contributed by atoms with Gasteiger partial charge in [-0.05, 0) is 55.0 Å². The summed E-state index contributed by atoms with van der Waals surface area (Å²) in [5.41, 5.74) is 1.22. The quantitative estimate of drug-likeness (QED) is 0.851. The van der Waals surface area contributed by atoms with Gasteiger partial charge in [0, 0.05) is 16.1 Å². The van der Waals surface area contributed by atoms with Crippen LogP contribution in [0.3, 0.4) is 0 Å². The molecule has 0 radical (unpaired) electrons. The predicted octanol–water partition coefficient (Wildman–Crippen LogP) is 4.49. The normalized spacial score (nSPS) is 23.8. The zero-order valence-corrected chi connectivity index (χ0v) is 11.9. The highest BCUT2D eigenvalue weighted by Crippen LogP contribution is 2.45. The summed E-state index contributed by atoms with van der Waals surface area (Å²) in [6, 6.07) is 6.33. The monoisotopic (exact) mass is 271 g/mol. The summed E-state index contributed by atoms with van der Waals surface area (Å²) in [6.45, 7) is 5.44. The summed E-state index contributed by atoms with van der Waals surface area (Å²) < 4.78 is 0. The fourth-order valence-electron chi connectivity index (χ4n) is 2.41. The third-order valence-corrected chi connectivity index (χ3v) is 4.14. The number of rotatable bonds is 4. The number of hydrogen-bond acceptors (Lipinski definition) is 1. The van der Waals surface area contributed by atoms with Crippen molar-refractivity contribution in [3.05, 3.63) is 33.8 Å². The molecule has 0 saturated heterocycles.